The number of hydrogen-bond acceptors (Lipinski definition) is 6. The average molecular weight is 571 g/mol. The summed E-state index contributed by atoms with van der Waals surface area (Å²) < 4.78 is 17.8. The van der Waals surface area contributed by atoms with E-state index < -0.39 is 5.97 Å². The zero-order valence-electron chi connectivity index (χ0n) is 24.2. The summed E-state index contributed by atoms with van der Waals surface area (Å²) in [5.41, 5.74) is 7.33. The first-order valence-corrected chi connectivity index (χ1v) is 14.6. The Hall–Kier alpha value is -4.46. The highest BCUT2D eigenvalue weighted by Gasteiger charge is 2.27. The number of nitrogens with one attached hydrogen (secondary N) is 1. The van der Waals surface area contributed by atoms with Crippen molar-refractivity contribution in [1.82, 2.24) is 10.2 Å². The van der Waals surface area contributed by atoms with Gasteiger partial charge in [-0.05, 0) is 54.5 Å². The van der Waals surface area contributed by atoms with Gasteiger partial charge in [0.25, 0.3) is 0 Å². The number of benzene rings is 3. The Kier molecular flexibility index (Phi) is 9.31. The molecule has 0 fully saturated rings. The second-order valence-electron chi connectivity index (χ2n) is 10.6. The number of amides is 1. The molecule has 2 heterocycles. The molecular formula is C34H38N2O6. The molecule has 1 amide bonds. The molecule has 0 saturated carbocycles. The van der Waals surface area contributed by atoms with Gasteiger partial charge in [0.15, 0.2) is 6.23 Å². The van der Waals surface area contributed by atoms with E-state index in [0.717, 1.165) is 51.4 Å². The number of ether oxygens (including phenoxy) is 3. The molecule has 2 aliphatic rings. The molecule has 0 aliphatic carbocycles. The molecule has 0 bridgehead atoms. The van der Waals surface area contributed by atoms with Crippen molar-refractivity contribution >= 4 is 12.1 Å². The van der Waals surface area contributed by atoms with Crippen LogP contribution in [0.2, 0.25) is 0 Å². The highest BCUT2D eigenvalue weighted by molar-refractivity contribution is 5.69. The predicted octanol–water partition coefficient (Wildman–Crippen LogP) is 6.59. The minimum atomic E-state index is -0.848. The number of carbonyl (C=O) groups is 2. The van der Waals surface area contributed by atoms with E-state index >= 15 is 0 Å². The lowest BCUT2D eigenvalue weighted by Gasteiger charge is -2.31. The third kappa shape index (κ3) is 6.87. The molecule has 1 atom stereocenters. The minimum absolute atomic E-state index is 0.0299. The number of carbonyl (C=O) groups excluding carboxylic acids is 1. The van der Waals surface area contributed by atoms with Crippen molar-refractivity contribution in [3.8, 4) is 16.9 Å². The largest absolute Gasteiger partial charge is 0.493 e. The van der Waals surface area contributed by atoms with Crippen LogP contribution in [0, 0.1) is 0 Å². The maximum atomic E-state index is 12.5. The third-order valence-corrected chi connectivity index (χ3v) is 7.72. The predicted molar refractivity (Wildman–Crippen MR) is 160 cm³/mol. The Morgan fingerprint density at radius 3 is 2.48 bits per heavy atom. The summed E-state index contributed by atoms with van der Waals surface area (Å²) in [6, 6.07) is 22.5. The number of carboxylic acid groups (broad SMARTS) is 1. The monoisotopic (exact) mass is 570 g/mol. The molecule has 3 aromatic carbocycles. The van der Waals surface area contributed by atoms with Crippen molar-refractivity contribution in [2.24, 2.45) is 0 Å². The molecule has 8 nitrogen and oxygen atoms in total. The van der Waals surface area contributed by atoms with Crippen molar-refractivity contribution in [2.75, 3.05) is 19.8 Å². The number of allylic oxidation sites excluding steroid dienone is 1. The van der Waals surface area contributed by atoms with Crippen LogP contribution >= 0.6 is 0 Å². The summed E-state index contributed by atoms with van der Waals surface area (Å²) in [4.78, 5) is 25.5. The first-order valence-electron chi connectivity index (χ1n) is 14.6. The van der Waals surface area contributed by atoms with E-state index in [1.54, 1.807) is 4.90 Å². The van der Waals surface area contributed by atoms with Crippen LogP contribution in [-0.2, 0) is 33.7 Å². The van der Waals surface area contributed by atoms with Crippen LogP contribution in [0.1, 0.15) is 61.6 Å². The fourth-order valence-electron chi connectivity index (χ4n) is 5.44. The molecule has 0 radical (unpaired) electrons. The Labute approximate surface area is 246 Å². The fraction of sp³-hybridized carbons (Fsp3) is 0.353. The topological polar surface area (TPSA) is 97.3 Å². The van der Waals surface area contributed by atoms with E-state index in [2.05, 4.69) is 41.7 Å². The van der Waals surface area contributed by atoms with Gasteiger partial charge in [0.2, 0.25) is 0 Å². The molecule has 2 aliphatic heterocycles. The number of rotatable bonds is 11. The summed E-state index contributed by atoms with van der Waals surface area (Å²) >= 11 is 0. The fourth-order valence-corrected chi connectivity index (χ4v) is 5.44. The molecule has 3 aromatic rings. The smallest absolute Gasteiger partial charge is 0.410 e. The normalized spacial score (nSPS) is 16.0. The second-order valence-corrected chi connectivity index (χ2v) is 10.6. The SMILES string of the molecule is CCCOC(=O)N1CCc2c(OCCC3=C(C)OC(c4ccc(-c5ccccc5)cc4)N3)ccc(CCC(=O)O)c2C1. The van der Waals surface area contributed by atoms with Gasteiger partial charge in [-0.3, -0.25) is 4.79 Å². The highest BCUT2D eigenvalue weighted by Crippen LogP contribution is 2.33. The zero-order valence-corrected chi connectivity index (χ0v) is 24.2. The lowest BCUT2D eigenvalue weighted by atomic mass is 9.92. The Bertz CT molecular complexity index is 1430. The van der Waals surface area contributed by atoms with E-state index in [-0.39, 0.29) is 18.7 Å². The first kappa shape index (κ1) is 29.0. The van der Waals surface area contributed by atoms with E-state index in [9.17, 15) is 14.7 Å². The van der Waals surface area contributed by atoms with Gasteiger partial charge >= 0.3 is 12.1 Å². The van der Waals surface area contributed by atoms with Gasteiger partial charge in [-0.15, -0.1) is 0 Å². The number of aliphatic carboxylic acids is 1. The summed E-state index contributed by atoms with van der Waals surface area (Å²) in [7, 11) is 0. The van der Waals surface area contributed by atoms with Gasteiger partial charge in [0, 0.05) is 37.1 Å². The summed E-state index contributed by atoms with van der Waals surface area (Å²) in [5, 5.41) is 12.7. The number of carboxylic acids is 1. The van der Waals surface area contributed by atoms with Gasteiger partial charge in [0.1, 0.15) is 11.5 Å². The third-order valence-electron chi connectivity index (χ3n) is 7.72. The van der Waals surface area contributed by atoms with Crippen molar-refractivity contribution in [3.63, 3.8) is 0 Å². The van der Waals surface area contributed by atoms with E-state index in [4.69, 9.17) is 14.2 Å². The number of hydrogen-bond donors (Lipinski definition) is 2. The molecular weight excluding hydrogens is 532 g/mol. The van der Waals surface area contributed by atoms with Crippen LogP contribution in [0.15, 0.2) is 78.2 Å². The number of fused-ring (bicyclic) bond motifs is 1. The Balaban J connectivity index is 1.21. The Morgan fingerprint density at radius 1 is 0.976 bits per heavy atom. The zero-order chi connectivity index (χ0) is 29.5. The lowest BCUT2D eigenvalue weighted by molar-refractivity contribution is -0.136. The molecule has 0 aromatic heterocycles. The van der Waals surface area contributed by atoms with Crippen molar-refractivity contribution < 1.29 is 28.9 Å². The molecule has 220 valence electrons. The van der Waals surface area contributed by atoms with Gasteiger partial charge in [0.05, 0.1) is 18.9 Å². The van der Waals surface area contributed by atoms with E-state index in [0.29, 0.717) is 45.6 Å². The number of nitrogens with zero attached hydrogens (tertiary/aromatic N) is 1. The van der Waals surface area contributed by atoms with Crippen molar-refractivity contribution in [3.05, 3.63) is 100 Å². The maximum Gasteiger partial charge on any atom is 0.410 e. The van der Waals surface area contributed by atoms with E-state index in [1.807, 2.05) is 44.2 Å². The van der Waals surface area contributed by atoms with Crippen LogP contribution in [0.4, 0.5) is 4.79 Å². The summed E-state index contributed by atoms with van der Waals surface area (Å²) in [6.07, 6.45) is 1.88. The van der Waals surface area contributed by atoms with Gasteiger partial charge in [-0.1, -0.05) is 67.6 Å². The van der Waals surface area contributed by atoms with Crippen molar-refractivity contribution in [2.45, 2.75) is 58.7 Å². The second kappa shape index (κ2) is 13.5. The molecule has 42 heavy (non-hydrogen) atoms. The van der Waals surface area contributed by atoms with Gasteiger partial charge < -0.3 is 29.5 Å². The Morgan fingerprint density at radius 2 is 1.74 bits per heavy atom. The lowest BCUT2D eigenvalue weighted by Crippen LogP contribution is -2.37. The van der Waals surface area contributed by atoms with Gasteiger partial charge in [-0.2, -0.15) is 0 Å². The number of aryl methyl sites for hydroxylation is 1. The highest BCUT2D eigenvalue weighted by atomic mass is 16.6. The molecule has 0 saturated heterocycles. The first-order chi connectivity index (χ1) is 20.4. The average Bonchev–Trinajstić information content (AvgIpc) is 3.39. The van der Waals surface area contributed by atoms with Crippen LogP contribution in [-0.4, -0.2) is 41.8 Å². The molecule has 2 N–H and O–H groups in total. The van der Waals surface area contributed by atoms with Crippen LogP contribution in [0.5, 0.6) is 5.75 Å². The quantitative estimate of drug-likeness (QED) is 0.268. The minimum Gasteiger partial charge on any atom is -0.493 e. The molecule has 1 unspecified atom stereocenters. The molecule has 0 spiro atoms. The van der Waals surface area contributed by atoms with Gasteiger partial charge in [-0.25, -0.2) is 4.79 Å². The van der Waals surface area contributed by atoms with Crippen LogP contribution in [0.3, 0.4) is 0 Å². The van der Waals surface area contributed by atoms with Crippen LogP contribution in [0.25, 0.3) is 11.1 Å². The maximum absolute atomic E-state index is 12.5. The summed E-state index contributed by atoms with van der Waals surface area (Å²) in [6.45, 7) is 5.66. The summed E-state index contributed by atoms with van der Waals surface area (Å²) in [5.74, 6) is 0.776. The van der Waals surface area contributed by atoms with Crippen LogP contribution < -0.4 is 10.1 Å². The molecule has 5 rings (SSSR count). The van der Waals surface area contributed by atoms with E-state index in [1.165, 1.54) is 5.56 Å². The van der Waals surface area contributed by atoms with Crippen molar-refractivity contribution in [1.29, 1.82) is 0 Å². The standard InChI is InChI=1S/C34H38N2O6/c1-3-20-41-34(39)36-19-17-28-29(22-36)26(14-16-32(37)38)13-15-31(28)40-21-18-30-23(2)42-33(35-30)27-11-9-25(10-12-27)24-7-5-4-6-8-24/h4-13,15,33,35H,3,14,16-22H2,1-2H3,(H,37,38). The molecule has 8 heteroatoms.